The molecule has 1 aromatic heterocycles. The number of piperidine rings is 1. The van der Waals surface area contributed by atoms with Crippen LogP contribution in [0.15, 0.2) is 65.6 Å². The molecule has 8 heteroatoms. The lowest BCUT2D eigenvalue weighted by atomic mass is 9.87. The number of amidine groups is 1. The van der Waals surface area contributed by atoms with Crippen LogP contribution in [-0.2, 0) is 12.2 Å². The summed E-state index contributed by atoms with van der Waals surface area (Å²) in [6.45, 7) is 1.90. The van der Waals surface area contributed by atoms with E-state index in [0.717, 1.165) is 47.6 Å². The summed E-state index contributed by atoms with van der Waals surface area (Å²) in [6, 6.07) is 12.1. The molecule has 2 aromatic carbocycles. The number of benzene rings is 2. The zero-order valence-corrected chi connectivity index (χ0v) is 20.2. The van der Waals surface area contributed by atoms with Gasteiger partial charge in [0.15, 0.2) is 0 Å². The molecule has 1 fully saturated rings. The third kappa shape index (κ3) is 4.84. The number of alkyl halides is 1. The third-order valence-corrected chi connectivity index (χ3v) is 6.55. The van der Waals surface area contributed by atoms with E-state index in [4.69, 9.17) is 4.74 Å². The Bertz CT molecular complexity index is 1240. The number of aliphatic hydroxyl groups is 1. The number of halogens is 2. The highest BCUT2D eigenvalue weighted by Crippen LogP contribution is 2.35. The maximum Gasteiger partial charge on any atom is 0.143 e. The van der Waals surface area contributed by atoms with Gasteiger partial charge < -0.3 is 19.3 Å². The Morgan fingerprint density at radius 3 is 2.63 bits per heavy atom. The first kappa shape index (κ1) is 24.6. The van der Waals surface area contributed by atoms with E-state index in [9.17, 15) is 13.9 Å². The predicted octanol–water partition coefficient (Wildman–Crippen LogP) is 4.90. The van der Waals surface area contributed by atoms with Crippen LogP contribution in [0.1, 0.15) is 36.6 Å². The Hall–Kier alpha value is -3.52. The number of hydrogen-bond donors (Lipinski definition) is 1. The van der Waals surface area contributed by atoms with E-state index in [0.29, 0.717) is 11.4 Å². The summed E-state index contributed by atoms with van der Waals surface area (Å²) in [7, 11) is 3.34. The van der Waals surface area contributed by atoms with Gasteiger partial charge in [-0.3, -0.25) is 4.99 Å². The number of ether oxygens (including phenoxy) is 1. The quantitative estimate of drug-likeness (QED) is 0.522. The molecule has 1 atom stereocenters. The van der Waals surface area contributed by atoms with Gasteiger partial charge in [0.1, 0.15) is 24.1 Å². The normalized spacial score (nSPS) is 18.2. The van der Waals surface area contributed by atoms with Gasteiger partial charge in [0, 0.05) is 19.8 Å². The van der Waals surface area contributed by atoms with Gasteiger partial charge in [0.2, 0.25) is 0 Å². The summed E-state index contributed by atoms with van der Waals surface area (Å²) in [5.74, 6) is 1.12. The molecule has 3 aromatic rings. The van der Waals surface area contributed by atoms with Gasteiger partial charge >= 0.3 is 0 Å². The number of rotatable bonds is 7. The monoisotopic (exact) mass is 480 g/mol. The van der Waals surface area contributed by atoms with E-state index in [1.807, 2.05) is 25.1 Å². The van der Waals surface area contributed by atoms with E-state index in [-0.39, 0.29) is 12.4 Å². The van der Waals surface area contributed by atoms with Crippen molar-refractivity contribution >= 4 is 11.9 Å². The lowest BCUT2D eigenvalue weighted by Crippen LogP contribution is -2.52. The number of nitrogens with zero attached hydrogens (tertiary/aromatic N) is 4. The lowest BCUT2D eigenvalue weighted by molar-refractivity contribution is 0.0909. The Kier molecular flexibility index (Phi) is 7.31. The lowest BCUT2D eigenvalue weighted by Gasteiger charge is -2.45. The van der Waals surface area contributed by atoms with Crippen molar-refractivity contribution in [2.45, 2.75) is 32.0 Å². The number of hydrogen-bond acceptors (Lipinski definition) is 4. The van der Waals surface area contributed by atoms with Crippen LogP contribution in [0.5, 0.6) is 5.75 Å². The number of aromatic nitrogens is 2. The fourth-order valence-corrected chi connectivity index (χ4v) is 4.60. The summed E-state index contributed by atoms with van der Waals surface area (Å²) in [6.07, 6.45) is 7.00. The van der Waals surface area contributed by atoms with Gasteiger partial charge in [-0.05, 0) is 66.8 Å². The van der Waals surface area contributed by atoms with Crippen LogP contribution in [0, 0.1) is 5.82 Å². The van der Waals surface area contributed by atoms with Gasteiger partial charge in [-0.1, -0.05) is 18.2 Å². The highest BCUT2D eigenvalue weighted by molar-refractivity contribution is 6.03. The Morgan fingerprint density at radius 1 is 1.23 bits per heavy atom. The smallest absolute Gasteiger partial charge is 0.143 e. The van der Waals surface area contributed by atoms with Crippen molar-refractivity contribution in [1.29, 1.82) is 0 Å². The first-order chi connectivity index (χ1) is 16.9. The minimum absolute atomic E-state index is 0.140. The molecular formula is C27H30F2N4O2. The number of likely N-dealkylation sites (tertiary alicyclic amines) is 1. The van der Waals surface area contributed by atoms with Gasteiger partial charge in [0.25, 0.3) is 0 Å². The van der Waals surface area contributed by atoms with Crippen molar-refractivity contribution in [3.05, 3.63) is 83.2 Å². The summed E-state index contributed by atoms with van der Waals surface area (Å²) < 4.78 is 33.8. The molecule has 184 valence electrons. The van der Waals surface area contributed by atoms with E-state index in [1.165, 1.54) is 12.1 Å². The Morgan fingerprint density at radius 2 is 2.00 bits per heavy atom. The summed E-state index contributed by atoms with van der Waals surface area (Å²) in [5.41, 5.74) is 3.17. The highest BCUT2D eigenvalue weighted by Gasteiger charge is 2.38. The number of imidazole rings is 1. The molecule has 0 amide bonds. The Balaban J connectivity index is 1.68. The summed E-state index contributed by atoms with van der Waals surface area (Å²) in [5, 5.41) is 10.4. The molecule has 0 bridgehead atoms. The maximum atomic E-state index is 13.5. The van der Waals surface area contributed by atoms with E-state index >= 15 is 0 Å². The molecule has 0 spiro atoms. The number of methoxy groups -OCH3 is 1. The van der Waals surface area contributed by atoms with Crippen molar-refractivity contribution in [1.82, 2.24) is 14.5 Å². The second-order valence-corrected chi connectivity index (χ2v) is 8.75. The van der Waals surface area contributed by atoms with Crippen LogP contribution in [0.25, 0.3) is 11.8 Å². The standard InChI is InChI=1S/C27H30F2N4O2/c1-27(17-34,21-7-9-22(29)10-8-21)33-12-4-5-20(26(33)30-2)13-19-6-11-24(25(14-19)35-3)32-16-23(15-28)31-18-32/h6-11,13-14,16,18,34H,4-5,12,15,17H2,1-3H3/b20-13+,30-26?. The molecule has 1 saturated heterocycles. The van der Waals surface area contributed by atoms with Crippen LogP contribution < -0.4 is 4.74 Å². The zero-order chi connectivity index (χ0) is 25.0. The second kappa shape index (κ2) is 10.4. The molecular weight excluding hydrogens is 450 g/mol. The summed E-state index contributed by atoms with van der Waals surface area (Å²) >= 11 is 0. The fraction of sp³-hybridized carbons (Fsp3) is 0.333. The van der Waals surface area contributed by atoms with Gasteiger partial charge in [-0.25, -0.2) is 13.8 Å². The topological polar surface area (TPSA) is 62.9 Å². The molecule has 35 heavy (non-hydrogen) atoms. The molecule has 1 unspecified atom stereocenters. The number of aliphatic imine (C=N–C) groups is 1. The Labute approximate surface area is 204 Å². The van der Waals surface area contributed by atoms with Crippen molar-refractivity contribution in [3.8, 4) is 11.4 Å². The fourth-order valence-electron chi connectivity index (χ4n) is 4.60. The van der Waals surface area contributed by atoms with Crippen molar-refractivity contribution in [2.75, 3.05) is 27.3 Å². The van der Waals surface area contributed by atoms with Gasteiger partial charge in [-0.2, -0.15) is 0 Å². The van der Waals surface area contributed by atoms with Crippen LogP contribution in [0.3, 0.4) is 0 Å². The van der Waals surface area contributed by atoms with Crippen LogP contribution in [0.2, 0.25) is 0 Å². The SMILES string of the molecule is CN=C1/C(=C/c2ccc(-n3cnc(CF)c3)c(OC)c2)CCCN1C(C)(CO)c1ccc(F)cc1. The van der Waals surface area contributed by atoms with Gasteiger partial charge in [-0.15, -0.1) is 0 Å². The number of aliphatic hydroxyl groups excluding tert-OH is 1. The van der Waals surface area contributed by atoms with Crippen LogP contribution in [0.4, 0.5) is 8.78 Å². The highest BCUT2D eigenvalue weighted by atomic mass is 19.1. The average molecular weight is 481 g/mol. The average Bonchev–Trinajstić information content (AvgIpc) is 3.37. The minimum atomic E-state index is -0.751. The molecule has 0 saturated carbocycles. The molecule has 1 N–H and O–H groups in total. The maximum absolute atomic E-state index is 13.5. The van der Waals surface area contributed by atoms with E-state index in [2.05, 4.69) is 21.0 Å². The molecule has 1 aliphatic rings. The molecule has 0 aliphatic carbocycles. The molecule has 4 rings (SSSR count). The first-order valence-electron chi connectivity index (χ1n) is 11.5. The third-order valence-electron chi connectivity index (χ3n) is 6.55. The predicted molar refractivity (Wildman–Crippen MR) is 133 cm³/mol. The summed E-state index contributed by atoms with van der Waals surface area (Å²) in [4.78, 5) is 10.7. The second-order valence-electron chi connectivity index (χ2n) is 8.75. The van der Waals surface area contributed by atoms with Gasteiger partial charge in [0.05, 0.1) is 37.0 Å². The van der Waals surface area contributed by atoms with E-state index in [1.54, 1.807) is 43.4 Å². The van der Waals surface area contributed by atoms with Crippen LogP contribution in [-0.4, -0.2) is 52.7 Å². The van der Waals surface area contributed by atoms with Crippen molar-refractivity contribution in [2.24, 2.45) is 4.99 Å². The van der Waals surface area contributed by atoms with E-state index < -0.39 is 12.2 Å². The molecule has 2 heterocycles. The van der Waals surface area contributed by atoms with Crippen molar-refractivity contribution in [3.63, 3.8) is 0 Å². The van der Waals surface area contributed by atoms with Crippen molar-refractivity contribution < 1.29 is 18.6 Å². The first-order valence-corrected chi connectivity index (χ1v) is 11.5. The molecule has 0 radical (unpaired) electrons. The zero-order valence-electron chi connectivity index (χ0n) is 20.2. The van der Waals surface area contributed by atoms with Crippen LogP contribution >= 0.6 is 0 Å². The molecule has 6 nitrogen and oxygen atoms in total. The minimum Gasteiger partial charge on any atom is -0.495 e. The largest absolute Gasteiger partial charge is 0.495 e. The molecule has 1 aliphatic heterocycles.